The maximum Gasteiger partial charge on any atom is 0.290 e. The molecule has 0 bridgehead atoms. The van der Waals surface area contributed by atoms with Gasteiger partial charge in [0.15, 0.2) is 0 Å². The molecule has 2 heterocycles. The average Bonchev–Trinajstić information content (AvgIpc) is 2.88. The third kappa shape index (κ3) is 3.37. The zero-order valence-electron chi connectivity index (χ0n) is 9.16. The van der Waals surface area contributed by atoms with Crippen LogP contribution < -0.4 is 5.32 Å². The number of H-pyrrole nitrogens is 1. The molecule has 0 aliphatic carbocycles. The predicted octanol–water partition coefficient (Wildman–Crippen LogP) is 1.91. The number of nitrogens with one attached hydrogen (secondary N) is 2. The fourth-order valence-corrected chi connectivity index (χ4v) is 2.79. The molecule has 2 aromatic rings. The van der Waals surface area contributed by atoms with E-state index in [0.29, 0.717) is 12.4 Å². The number of aromatic amines is 1. The number of hydrogen-bond acceptors (Lipinski definition) is 4. The summed E-state index contributed by atoms with van der Waals surface area (Å²) in [4.78, 5) is 16.8. The molecule has 2 aromatic heterocycles. The first-order valence-corrected chi connectivity index (χ1v) is 6.67. The van der Waals surface area contributed by atoms with Gasteiger partial charge in [-0.2, -0.15) is 0 Å². The van der Waals surface area contributed by atoms with Crippen LogP contribution in [0.25, 0.3) is 0 Å². The highest BCUT2D eigenvalue weighted by atomic mass is 79.9. The molecule has 0 saturated heterocycles. The van der Waals surface area contributed by atoms with Crippen molar-refractivity contribution in [3.8, 4) is 0 Å². The Hall–Kier alpha value is -1.21. The van der Waals surface area contributed by atoms with Crippen LogP contribution in [0.2, 0.25) is 0 Å². The number of aromatic nitrogens is 3. The van der Waals surface area contributed by atoms with Gasteiger partial charge in [0.1, 0.15) is 5.82 Å². The molecule has 5 nitrogen and oxygen atoms in total. The van der Waals surface area contributed by atoms with E-state index in [9.17, 15) is 4.79 Å². The smallest absolute Gasteiger partial charge is 0.290 e. The summed E-state index contributed by atoms with van der Waals surface area (Å²) in [7, 11) is 0. The number of rotatable bonds is 4. The molecular weight excluding hydrogens is 304 g/mol. The summed E-state index contributed by atoms with van der Waals surface area (Å²) in [6.45, 7) is 2.34. The average molecular weight is 315 g/mol. The van der Waals surface area contributed by atoms with Crippen LogP contribution in [0.15, 0.2) is 15.9 Å². The second-order valence-electron chi connectivity index (χ2n) is 3.46. The van der Waals surface area contributed by atoms with Crippen molar-refractivity contribution in [2.45, 2.75) is 13.3 Å². The summed E-state index contributed by atoms with van der Waals surface area (Å²) in [5.41, 5.74) is 0. The Morgan fingerprint density at radius 3 is 3.00 bits per heavy atom. The molecule has 0 atom stereocenters. The van der Waals surface area contributed by atoms with Crippen molar-refractivity contribution in [1.29, 1.82) is 0 Å². The van der Waals surface area contributed by atoms with E-state index in [-0.39, 0.29) is 11.7 Å². The number of aryl methyl sites for hydroxylation is 1. The van der Waals surface area contributed by atoms with Crippen LogP contribution in [-0.2, 0) is 6.42 Å². The molecule has 0 aliphatic heterocycles. The minimum Gasteiger partial charge on any atom is -0.349 e. The first-order chi connectivity index (χ1) is 8.15. The fraction of sp³-hybridized carbons (Fsp3) is 0.300. The Labute approximate surface area is 111 Å². The Kier molecular flexibility index (Phi) is 3.90. The summed E-state index contributed by atoms with van der Waals surface area (Å²) in [5, 5.41) is 9.20. The van der Waals surface area contributed by atoms with E-state index < -0.39 is 0 Å². The lowest BCUT2D eigenvalue weighted by molar-refractivity contribution is 0.0944. The normalized spacial score (nSPS) is 10.5. The van der Waals surface area contributed by atoms with Crippen LogP contribution in [0.4, 0.5) is 0 Å². The van der Waals surface area contributed by atoms with Crippen LogP contribution >= 0.6 is 27.3 Å². The number of halogens is 1. The zero-order valence-corrected chi connectivity index (χ0v) is 11.6. The van der Waals surface area contributed by atoms with Gasteiger partial charge in [0.2, 0.25) is 5.82 Å². The number of hydrogen-bond donors (Lipinski definition) is 2. The van der Waals surface area contributed by atoms with E-state index >= 15 is 0 Å². The summed E-state index contributed by atoms with van der Waals surface area (Å²) in [6, 6.07) is 4.04. The van der Waals surface area contributed by atoms with Crippen LogP contribution in [0.1, 0.15) is 21.3 Å². The molecule has 0 aliphatic rings. The van der Waals surface area contributed by atoms with Crippen LogP contribution in [-0.4, -0.2) is 27.6 Å². The van der Waals surface area contributed by atoms with Gasteiger partial charge in [-0.15, -0.1) is 16.4 Å². The van der Waals surface area contributed by atoms with Gasteiger partial charge in [-0.3, -0.25) is 9.89 Å². The molecule has 0 aromatic carbocycles. The van der Waals surface area contributed by atoms with Gasteiger partial charge in [-0.1, -0.05) is 0 Å². The third-order valence-corrected chi connectivity index (χ3v) is 3.77. The summed E-state index contributed by atoms with van der Waals surface area (Å²) in [5.74, 6) is 0.581. The maximum absolute atomic E-state index is 11.6. The quantitative estimate of drug-likeness (QED) is 0.905. The van der Waals surface area contributed by atoms with E-state index in [1.54, 1.807) is 18.3 Å². The lowest BCUT2D eigenvalue weighted by Crippen LogP contribution is -2.26. The highest BCUT2D eigenvalue weighted by molar-refractivity contribution is 9.11. The molecule has 0 radical (unpaired) electrons. The number of thiophene rings is 1. The number of nitrogens with zero attached hydrogens (tertiary/aromatic N) is 2. The molecule has 17 heavy (non-hydrogen) atoms. The Balaban J connectivity index is 1.81. The van der Waals surface area contributed by atoms with E-state index in [1.165, 1.54) is 4.88 Å². The van der Waals surface area contributed by atoms with E-state index in [4.69, 9.17) is 0 Å². The lowest BCUT2D eigenvalue weighted by Gasteiger charge is -2.00. The van der Waals surface area contributed by atoms with Crippen molar-refractivity contribution in [2.75, 3.05) is 6.54 Å². The number of amides is 1. The van der Waals surface area contributed by atoms with Gasteiger partial charge in [0.05, 0.1) is 3.79 Å². The summed E-state index contributed by atoms with van der Waals surface area (Å²) in [6.07, 6.45) is 0.811. The van der Waals surface area contributed by atoms with Crippen molar-refractivity contribution < 1.29 is 4.79 Å². The van der Waals surface area contributed by atoms with Gasteiger partial charge in [0, 0.05) is 11.4 Å². The Morgan fingerprint density at radius 2 is 2.41 bits per heavy atom. The van der Waals surface area contributed by atoms with Gasteiger partial charge >= 0.3 is 0 Å². The minimum atomic E-state index is -0.245. The fourth-order valence-electron chi connectivity index (χ4n) is 1.31. The maximum atomic E-state index is 11.6. The molecule has 0 fully saturated rings. The first kappa shape index (κ1) is 12.3. The molecule has 7 heteroatoms. The SMILES string of the molecule is Cc1nc(C(=O)NCCc2ccc(Br)s2)n[nH]1. The molecule has 90 valence electrons. The molecule has 0 spiro atoms. The largest absolute Gasteiger partial charge is 0.349 e. The lowest BCUT2D eigenvalue weighted by atomic mass is 10.3. The van der Waals surface area contributed by atoms with Gasteiger partial charge in [-0.25, -0.2) is 4.98 Å². The zero-order chi connectivity index (χ0) is 12.3. The summed E-state index contributed by atoms with van der Waals surface area (Å²) >= 11 is 5.07. The van der Waals surface area contributed by atoms with Crippen LogP contribution in [0.5, 0.6) is 0 Å². The minimum absolute atomic E-state index is 0.190. The van der Waals surface area contributed by atoms with Crippen molar-refractivity contribution in [3.63, 3.8) is 0 Å². The standard InChI is InChI=1S/C10H11BrN4OS/c1-6-13-9(15-14-6)10(16)12-5-4-7-2-3-8(11)17-7/h2-3H,4-5H2,1H3,(H,12,16)(H,13,14,15). The first-order valence-electron chi connectivity index (χ1n) is 5.06. The van der Waals surface area contributed by atoms with E-state index in [1.807, 2.05) is 12.1 Å². The monoisotopic (exact) mass is 314 g/mol. The highest BCUT2D eigenvalue weighted by Gasteiger charge is 2.10. The second kappa shape index (κ2) is 5.42. The van der Waals surface area contributed by atoms with Gasteiger partial charge in [0.25, 0.3) is 5.91 Å². The Bertz CT molecular complexity index is 522. The molecule has 0 saturated carbocycles. The van der Waals surface area contributed by atoms with E-state index in [2.05, 4.69) is 36.4 Å². The third-order valence-electron chi connectivity index (χ3n) is 2.09. The molecule has 2 rings (SSSR count). The topological polar surface area (TPSA) is 70.7 Å². The molecule has 0 unspecified atom stereocenters. The Morgan fingerprint density at radius 1 is 1.59 bits per heavy atom. The van der Waals surface area contributed by atoms with Crippen molar-refractivity contribution in [3.05, 3.63) is 32.4 Å². The van der Waals surface area contributed by atoms with Crippen LogP contribution in [0.3, 0.4) is 0 Å². The number of carbonyl (C=O) groups is 1. The van der Waals surface area contributed by atoms with Crippen LogP contribution in [0, 0.1) is 6.92 Å². The molecule has 2 N–H and O–H groups in total. The van der Waals surface area contributed by atoms with E-state index in [0.717, 1.165) is 10.2 Å². The second-order valence-corrected chi connectivity index (χ2v) is 6.00. The molecular formula is C10H11BrN4OS. The van der Waals surface area contributed by atoms with Crippen molar-refractivity contribution in [2.24, 2.45) is 0 Å². The number of carbonyl (C=O) groups excluding carboxylic acids is 1. The predicted molar refractivity (Wildman–Crippen MR) is 69.2 cm³/mol. The highest BCUT2D eigenvalue weighted by Crippen LogP contribution is 2.21. The van der Waals surface area contributed by atoms with Gasteiger partial charge < -0.3 is 5.32 Å². The van der Waals surface area contributed by atoms with Crippen molar-refractivity contribution >= 4 is 33.2 Å². The molecule has 1 amide bonds. The van der Waals surface area contributed by atoms with Gasteiger partial charge in [-0.05, 0) is 41.4 Å². The summed E-state index contributed by atoms with van der Waals surface area (Å²) < 4.78 is 1.10. The van der Waals surface area contributed by atoms with Crippen molar-refractivity contribution in [1.82, 2.24) is 20.5 Å².